The number of sulfone groups is 1. The van der Waals surface area contributed by atoms with E-state index in [2.05, 4.69) is 4.74 Å². The minimum absolute atomic E-state index is 0.00852. The second-order valence-electron chi connectivity index (χ2n) is 5.18. The third kappa shape index (κ3) is 3.85. The highest BCUT2D eigenvalue weighted by Crippen LogP contribution is 2.28. The van der Waals surface area contributed by atoms with Crippen LogP contribution in [0, 0.1) is 0 Å². The fourth-order valence-electron chi connectivity index (χ4n) is 2.46. The van der Waals surface area contributed by atoms with Crippen molar-refractivity contribution in [1.82, 2.24) is 4.90 Å². The summed E-state index contributed by atoms with van der Waals surface area (Å²) in [5.41, 5.74) is 0.688. The molecule has 0 radical (unpaired) electrons. The monoisotopic (exact) mass is 325 g/mol. The van der Waals surface area contributed by atoms with Gasteiger partial charge in [-0.05, 0) is 5.56 Å². The van der Waals surface area contributed by atoms with Crippen LogP contribution in [0.4, 0.5) is 0 Å². The van der Waals surface area contributed by atoms with E-state index in [1.807, 2.05) is 6.07 Å². The Kier molecular flexibility index (Phi) is 5.18. The van der Waals surface area contributed by atoms with Crippen molar-refractivity contribution < 1.29 is 22.7 Å². The van der Waals surface area contributed by atoms with Gasteiger partial charge in [0.15, 0.2) is 9.84 Å². The van der Waals surface area contributed by atoms with Crippen molar-refractivity contribution in [2.24, 2.45) is 0 Å². The van der Waals surface area contributed by atoms with Gasteiger partial charge in [-0.1, -0.05) is 30.3 Å². The van der Waals surface area contributed by atoms with Crippen molar-refractivity contribution in [1.29, 1.82) is 0 Å². The summed E-state index contributed by atoms with van der Waals surface area (Å²) in [6.45, 7) is 0.304. The van der Waals surface area contributed by atoms with Gasteiger partial charge in [0.05, 0.1) is 19.3 Å². The Bertz CT molecular complexity index is 641. The van der Waals surface area contributed by atoms with Gasteiger partial charge in [-0.25, -0.2) is 8.42 Å². The lowest BCUT2D eigenvalue weighted by molar-refractivity contribution is -0.143. The van der Waals surface area contributed by atoms with E-state index in [9.17, 15) is 18.0 Å². The van der Waals surface area contributed by atoms with Gasteiger partial charge in [-0.2, -0.15) is 0 Å². The standard InChI is InChI=1S/C15H19NO5S/c1-21-15(18)8-7-14(17)16-9-10-22(19,20)13(11-16)12-5-3-2-4-6-12/h2-6,13H,7-11H2,1H3. The Labute approximate surface area is 130 Å². The quantitative estimate of drug-likeness (QED) is 0.770. The molecule has 1 atom stereocenters. The first kappa shape index (κ1) is 16.5. The summed E-state index contributed by atoms with van der Waals surface area (Å²) in [7, 11) is -1.99. The summed E-state index contributed by atoms with van der Waals surface area (Å²) in [5.74, 6) is -0.727. The van der Waals surface area contributed by atoms with Gasteiger partial charge in [0.25, 0.3) is 0 Å². The van der Waals surface area contributed by atoms with Gasteiger partial charge >= 0.3 is 5.97 Å². The van der Waals surface area contributed by atoms with Crippen molar-refractivity contribution in [3.05, 3.63) is 35.9 Å². The van der Waals surface area contributed by atoms with Crippen molar-refractivity contribution in [2.45, 2.75) is 18.1 Å². The summed E-state index contributed by atoms with van der Waals surface area (Å²) in [4.78, 5) is 24.7. The molecule has 120 valence electrons. The molecule has 1 amide bonds. The Morgan fingerprint density at radius 3 is 2.55 bits per heavy atom. The van der Waals surface area contributed by atoms with E-state index in [0.717, 1.165) is 0 Å². The number of ether oxygens (including phenoxy) is 1. The lowest BCUT2D eigenvalue weighted by Crippen LogP contribution is -2.45. The molecule has 6 nitrogen and oxygen atoms in total. The fourth-order valence-corrected chi connectivity index (χ4v) is 4.20. The Hall–Kier alpha value is -1.89. The van der Waals surface area contributed by atoms with Gasteiger partial charge in [0.2, 0.25) is 5.91 Å². The third-order valence-electron chi connectivity index (χ3n) is 3.76. The molecule has 1 aromatic rings. The number of rotatable bonds is 4. The molecule has 2 rings (SSSR count). The lowest BCUT2D eigenvalue weighted by Gasteiger charge is -2.33. The molecule has 1 aliphatic rings. The second-order valence-corrected chi connectivity index (χ2v) is 7.49. The maximum absolute atomic E-state index is 12.3. The molecule has 0 N–H and O–H groups in total. The first-order chi connectivity index (χ1) is 10.4. The molecule has 1 aromatic carbocycles. The first-order valence-electron chi connectivity index (χ1n) is 7.05. The number of carbonyl (C=O) groups is 2. The van der Waals surface area contributed by atoms with E-state index >= 15 is 0 Å². The van der Waals surface area contributed by atoms with E-state index in [1.54, 1.807) is 24.3 Å². The summed E-state index contributed by atoms with van der Waals surface area (Å²) in [6, 6.07) is 8.89. The predicted molar refractivity (Wildman–Crippen MR) is 80.8 cm³/mol. The summed E-state index contributed by atoms with van der Waals surface area (Å²) >= 11 is 0. The number of hydrogen-bond donors (Lipinski definition) is 0. The first-order valence-corrected chi connectivity index (χ1v) is 8.76. The fraction of sp³-hybridized carbons (Fsp3) is 0.467. The van der Waals surface area contributed by atoms with Gasteiger partial charge in [0, 0.05) is 19.5 Å². The van der Waals surface area contributed by atoms with E-state index < -0.39 is 21.1 Å². The van der Waals surface area contributed by atoms with Gasteiger partial charge in [-0.15, -0.1) is 0 Å². The number of hydrogen-bond acceptors (Lipinski definition) is 5. The minimum atomic E-state index is -3.26. The zero-order chi connectivity index (χ0) is 16.2. The average molecular weight is 325 g/mol. The van der Waals surface area contributed by atoms with Crippen LogP contribution < -0.4 is 0 Å². The molecule has 1 unspecified atom stereocenters. The molecule has 1 saturated heterocycles. The molecule has 7 heteroatoms. The molecule has 1 aliphatic heterocycles. The minimum Gasteiger partial charge on any atom is -0.469 e. The molecule has 1 fully saturated rings. The maximum atomic E-state index is 12.3. The lowest BCUT2D eigenvalue weighted by atomic mass is 10.1. The maximum Gasteiger partial charge on any atom is 0.306 e. The van der Waals surface area contributed by atoms with Crippen molar-refractivity contribution >= 4 is 21.7 Å². The molecule has 0 aromatic heterocycles. The number of esters is 1. The molecule has 0 saturated carbocycles. The van der Waals surface area contributed by atoms with E-state index in [4.69, 9.17) is 0 Å². The zero-order valence-electron chi connectivity index (χ0n) is 12.4. The number of methoxy groups -OCH3 is 1. The largest absolute Gasteiger partial charge is 0.469 e. The SMILES string of the molecule is COC(=O)CCC(=O)N1CCS(=O)(=O)C(c2ccccc2)C1. The molecule has 22 heavy (non-hydrogen) atoms. The predicted octanol–water partition coefficient (Wildman–Crippen LogP) is 0.938. The highest BCUT2D eigenvalue weighted by Gasteiger charge is 2.35. The van der Waals surface area contributed by atoms with Crippen molar-refractivity contribution in [3.63, 3.8) is 0 Å². The second kappa shape index (κ2) is 6.91. The number of amides is 1. The highest BCUT2D eigenvalue weighted by molar-refractivity contribution is 7.91. The van der Waals surface area contributed by atoms with Crippen LogP contribution in [0.3, 0.4) is 0 Å². The zero-order valence-corrected chi connectivity index (χ0v) is 13.2. The van der Waals surface area contributed by atoms with Crippen LogP contribution in [0.25, 0.3) is 0 Å². The molecular formula is C15H19NO5S. The molecule has 0 aliphatic carbocycles. The number of carbonyl (C=O) groups excluding carboxylic acids is 2. The average Bonchev–Trinajstić information content (AvgIpc) is 2.52. The van der Waals surface area contributed by atoms with Crippen molar-refractivity contribution in [3.8, 4) is 0 Å². The van der Waals surface area contributed by atoms with Crippen molar-refractivity contribution in [2.75, 3.05) is 26.0 Å². The number of nitrogens with zero attached hydrogens (tertiary/aromatic N) is 1. The van der Waals surface area contributed by atoms with Crippen LogP contribution in [0.2, 0.25) is 0 Å². The van der Waals surface area contributed by atoms with Crippen LogP contribution >= 0.6 is 0 Å². The molecule has 0 bridgehead atoms. The highest BCUT2D eigenvalue weighted by atomic mass is 32.2. The normalized spacial score (nSPS) is 20.4. The Morgan fingerprint density at radius 1 is 1.23 bits per heavy atom. The smallest absolute Gasteiger partial charge is 0.306 e. The van der Waals surface area contributed by atoms with Crippen LogP contribution in [0.15, 0.2) is 30.3 Å². The number of benzene rings is 1. The third-order valence-corrected chi connectivity index (χ3v) is 5.80. The van der Waals surface area contributed by atoms with Gasteiger partial charge < -0.3 is 9.64 Å². The van der Waals surface area contributed by atoms with Crippen LogP contribution in [0.5, 0.6) is 0 Å². The molecular weight excluding hydrogens is 306 g/mol. The summed E-state index contributed by atoms with van der Waals surface area (Å²) in [6.07, 6.45) is 0.0445. The van der Waals surface area contributed by atoms with Gasteiger partial charge in [0.1, 0.15) is 5.25 Å². The van der Waals surface area contributed by atoms with Crippen LogP contribution in [-0.2, 0) is 24.2 Å². The van der Waals surface area contributed by atoms with Crippen LogP contribution in [0.1, 0.15) is 23.7 Å². The molecule has 1 heterocycles. The van der Waals surface area contributed by atoms with Crippen LogP contribution in [-0.4, -0.2) is 51.1 Å². The van der Waals surface area contributed by atoms with Gasteiger partial charge in [-0.3, -0.25) is 9.59 Å². The van der Waals surface area contributed by atoms with E-state index in [1.165, 1.54) is 12.0 Å². The van der Waals surface area contributed by atoms with E-state index in [-0.39, 0.29) is 37.6 Å². The topological polar surface area (TPSA) is 80.8 Å². The Balaban J connectivity index is 2.08. The van der Waals surface area contributed by atoms with E-state index in [0.29, 0.717) is 5.56 Å². The molecule has 0 spiro atoms. The summed E-state index contributed by atoms with van der Waals surface area (Å²) < 4.78 is 29.0. The summed E-state index contributed by atoms with van der Waals surface area (Å²) in [5, 5.41) is -0.704. The Morgan fingerprint density at radius 2 is 1.91 bits per heavy atom.